The lowest BCUT2D eigenvalue weighted by Gasteiger charge is -2.30. The number of ether oxygens (including phenoxy) is 1. The lowest BCUT2D eigenvalue weighted by Crippen LogP contribution is -2.43. The second kappa shape index (κ2) is 36.6. The molecule has 612 valence electrons. The van der Waals surface area contributed by atoms with Crippen LogP contribution in [0.25, 0.3) is 99.8 Å². The maximum Gasteiger partial charge on any atom is 0.417 e. The Labute approximate surface area is 689 Å². The number of aromatic nitrogens is 13. The van der Waals surface area contributed by atoms with Crippen LogP contribution in [0.3, 0.4) is 0 Å². The van der Waals surface area contributed by atoms with Gasteiger partial charge in [-0.3, -0.25) is 25.4 Å². The first kappa shape index (κ1) is 81.7. The fraction of sp³-hybridized carbons (Fsp3) is 0.125. The number of H-pyrrole nitrogens is 4. The Hall–Kier alpha value is -14.5. The van der Waals surface area contributed by atoms with Crippen molar-refractivity contribution < 1.29 is 44.3 Å². The van der Waals surface area contributed by atoms with Gasteiger partial charge in [0.2, 0.25) is 0 Å². The van der Waals surface area contributed by atoms with Crippen LogP contribution in [0.1, 0.15) is 16.7 Å². The standard InChI is InChI=1S/C23H16ClN5.C23H21F3N6.C21H19F3N6.C21H18F3N5O/c24-19-7-3-1-5-17(19)21-13-16(15-9-11-25-12-10-15)14-22(26-21)27-23-18-6-2-4-8-20(18)28-29-23;24-23(25,26)18-7-3-1-5-16(18)20-13-15(32-11-9-27-10-12-32)14-21(28-20)29-22-17-6-2-4-8-19(17)30-31-22;22-21(23,24)16-7-3-1-5-14(16)18-11-13(26-10-9-25)12-19(27-18)28-20-15-6-2-4-8-17(15)29-30-20;22-21(23,24)16-7-3-1-5-14(16)18-11-13(30-10-9-25)12-19(26-18)27-20-15-6-2-4-8-17(15)28-29-20/h1-14H,(H2,26,27,28,29);1-8,13-14,27H,9-12H2,(H2,28,29,30,31);1-8,11-12H,9-10,25H2,(H3,26,27,28,29,30);1-8,11-12H,9-10,25H2,(H2,26,27,28,29). The predicted octanol–water partition coefficient (Wildman–Crippen LogP) is 20.4. The van der Waals surface area contributed by atoms with Crippen LogP contribution in [0.4, 0.5) is 97.4 Å². The Kier molecular flexibility index (Phi) is 24.7. The summed E-state index contributed by atoms with van der Waals surface area (Å²) in [5.41, 5.74) is 18.0. The van der Waals surface area contributed by atoms with Crippen molar-refractivity contribution in [3.63, 3.8) is 0 Å². The summed E-state index contributed by atoms with van der Waals surface area (Å²) in [4.78, 5) is 24.4. The molecule has 8 aromatic carbocycles. The third-order valence-electron chi connectivity index (χ3n) is 19.2. The predicted molar refractivity (Wildman–Crippen MR) is 457 cm³/mol. The van der Waals surface area contributed by atoms with E-state index in [1.807, 2.05) is 152 Å². The van der Waals surface area contributed by atoms with Crippen LogP contribution in [0.15, 0.2) is 267 Å². The number of pyridine rings is 5. The molecule has 121 heavy (non-hydrogen) atoms. The summed E-state index contributed by atoms with van der Waals surface area (Å²) in [5.74, 6) is 4.47. The highest BCUT2D eigenvalue weighted by molar-refractivity contribution is 6.33. The van der Waals surface area contributed by atoms with Crippen molar-refractivity contribution in [1.82, 2.24) is 71.0 Å². The summed E-state index contributed by atoms with van der Waals surface area (Å²) < 4.78 is 128. The minimum absolute atomic E-state index is 0.00339. The molecule has 0 atom stereocenters. The summed E-state index contributed by atoms with van der Waals surface area (Å²) in [6.45, 7) is 4.47. The zero-order valence-electron chi connectivity index (χ0n) is 63.9. The van der Waals surface area contributed by atoms with E-state index in [1.54, 1.807) is 48.8 Å². The van der Waals surface area contributed by atoms with Gasteiger partial charge in [0.1, 0.15) is 35.6 Å². The van der Waals surface area contributed by atoms with E-state index in [2.05, 4.69) is 97.5 Å². The van der Waals surface area contributed by atoms with Crippen LogP contribution in [0, 0.1) is 0 Å². The van der Waals surface area contributed by atoms with Crippen LogP contribution < -0.4 is 53.0 Å². The minimum atomic E-state index is -4.52. The number of nitrogens with two attached hydrogens (primary N) is 2. The highest BCUT2D eigenvalue weighted by Crippen LogP contribution is 2.43. The number of halogens is 10. The topological polar surface area (TPSA) is 316 Å². The summed E-state index contributed by atoms with van der Waals surface area (Å²) in [6.07, 6.45) is -9.93. The first-order valence-corrected chi connectivity index (χ1v) is 38.3. The Bertz CT molecular complexity index is 6240. The molecule has 23 nitrogen and oxygen atoms in total. The number of piperazine rings is 1. The Morgan fingerprint density at radius 2 is 0.769 bits per heavy atom. The maximum atomic E-state index is 13.7. The Morgan fingerprint density at radius 3 is 1.21 bits per heavy atom. The van der Waals surface area contributed by atoms with Gasteiger partial charge in [0, 0.05) is 143 Å². The van der Waals surface area contributed by atoms with E-state index in [4.69, 9.17) is 32.8 Å². The first-order valence-electron chi connectivity index (χ1n) is 37.9. The summed E-state index contributed by atoms with van der Waals surface area (Å²) in [7, 11) is 0. The van der Waals surface area contributed by atoms with Gasteiger partial charge in [-0.2, -0.15) is 59.9 Å². The van der Waals surface area contributed by atoms with E-state index in [9.17, 15) is 39.5 Å². The molecule has 0 radical (unpaired) electrons. The van der Waals surface area contributed by atoms with Crippen LogP contribution >= 0.6 is 11.6 Å². The molecular weight excluding hydrogens is 1590 g/mol. The largest absolute Gasteiger partial charge is 0.492 e. The van der Waals surface area contributed by atoms with E-state index < -0.39 is 35.2 Å². The zero-order valence-corrected chi connectivity index (χ0v) is 64.6. The lowest BCUT2D eigenvalue weighted by molar-refractivity contribution is -0.137. The maximum absolute atomic E-state index is 13.7. The van der Waals surface area contributed by atoms with E-state index >= 15 is 0 Å². The van der Waals surface area contributed by atoms with Crippen LogP contribution in [-0.2, 0) is 18.5 Å². The monoisotopic (exact) mass is 1660 g/mol. The molecule has 9 aromatic heterocycles. The molecule has 1 saturated heterocycles. The number of benzene rings is 8. The SMILES string of the molecule is Clc1ccccc1-c1cc(-c2ccncc2)cc(Nc2n[nH]c3ccccc23)n1.FC(F)(F)c1ccccc1-c1cc(N2CCNCC2)cc(Nc2n[nH]c3ccccc23)n1.NCCNc1cc(Nc2n[nH]c3ccccc23)nc(-c2ccccc2C(F)(F)F)c1.NCCOc1cc(Nc2n[nH]c3ccccc23)nc(-c2ccccc2C(F)(F)F)c1. The molecule has 10 heterocycles. The number of fused-ring (bicyclic) bond motifs is 4. The molecule has 33 heteroatoms. The number of nitrogens with one attached hydrogen (secondary N) is 10. The van der Waals surface area contributed by atoms with Gasteiger partial charge in [0.15, 0.2) is 23.3 Å². The highest BCUT2D eigenvalue weighted by atomic mass is 35.5. The molecule has 0 bridgehead atoms. The number of aromatic amines is 4. The summed E-state index contributed by atoms with van der Waals surface area (Å²) in [6, 6.07) is 72.4. The molecule has 1 aliphatic heterocycles. The van der Waals surface area contributed by atoms with Crippen molar-refractivity contribution >= 4 is 113 Å². The molecule has 1 fully saturated rings. The summed E-state index contributed by atoms with van der Waals surface area (Å²) in [5, 5.41) is 52.3. The normalized spacial score (nSPS) is 12.2. The second-order valence-corrected chi connectivity index (χ2v) is 27.7. The Morgan fingerprint density at radius 1 is 0.388 bits per heavy atom. The number of para-hydroxylation sites is 4. The fourth-order valence-electron chi connectivity index (χ4n) is 13.5. The number of nitrogens with zero attached hydrogens (tertiary/aromatic N) is 10. The molecule has 17 aromatic rings. The van der Waals surface area contributed by atoms with E-state index in [0.717, 1.165) is 122 Å². The van der Waals surface area contributed by atoms with Crippen molar-refractivity contribution in [2.75, 3.05) is 83.9 Å². The van der Waals surface area contributed by atoms with Gasteiger partial charge in [0.25, 0.3) is 0 Å². The van der Waals surface area contributed by atoms with Crippen LogP contribution in [0.2, 0.25) is 5.02 Å². The number of rotatable bonds is 20. The molecule has 0 amide bonds. The van der Waals surface area contributed by atoms with Gasteiger partial charge in [-0.25, -0.2) is 19.9 Å². The van der Waals surface area contributed by atoms with E-state index in [0.29, 0.717) is 70.3 Å². The quantitative estimate of drug-likeness (QED) is 0.0316. The molecule has 0 unspecified atom stereocenters. The molecular formula is C88H74ClF9N22O. The number of hydrogen-bond donors (Lipinski definition) is 12. The van der Waals surface area contributed by atoms with Crippen molar-refractivity contribution in [2.24, 2.45) is 11.5 Å². The average Bonchev–Trinajstić information content (AvgIpc) is 1.80. The van der Waals surface area contributed by atoms with Crippen molar-refractivity contribution in [3.05, 3.63) is 289 Å². The molecule has 18 rings (SSSR count). The Balaban J connectivity index is 0.000000126. The second-order valence-electron chi connectivity index (χ2n) is 27.3. The smallest absolute Gasteiger partial charge is 0.417 e. The lowest BCUT2D eigenvalue weighted by atomic mass is 10.0. The summed E-state index contributed by atoms with van der Waals surface area (Å²) >= 11 is 6.44. The van der Waals surface area contributed by atoms with E-state index in [-0.39, 0.29) is 46.9 Å². The van der Waals surface area contributed by atoms with Crippen molar-refractivity contribution in [1.29, 1.82) is 0 Å². The molecule has 0 aliphatic carbocycles. The van der Waals surface area contributed by atoms with Gasteiger partial charge >= 0.3 is 18.5 Å². The van der Waals surface area contributed by atoms with Gasteiger partial charge in [0.05, 0.1) is 61.5 Å². The van der Waals surface area contributed by atoms with Crippen molar-refractivity contribution in [2.45, 2.75) is 18.5 Å². The molecule has 1 aliphatic rings. The van der Waals surface area contributed by atoms with Gasteiger partial charge in [-0.1, -0.05) is 133 Å². The minimum Gasteiger partial charge on any atom is -0.492 e. The molecule has 0 spiro atoms. The number of alkyl halides is 9. The third-order valence-corrected chi connectivity index (χ3v) is 19.5. The molecule has 14 N–H and O–H groups in total. The third kappa shape index (κ3) is 19.7. The van der Waals surface area contributed by atoms with Crippen LogP contribution in [0.5, 0.6) is 5.75 Å². The molecule has 0 saturated carbocycles. The first-order chi connectivity index (χ1) is 58.7. The van der Waals surface area contributed by atoms with Crippen LogP contribution in [-0.4, -0.2) is 118 Å². The number of anilines is 10. The van der Waals surface area contributed by atoms with E-state index in [1.165, 1.54) is 48.5 Å². The average molecular weight is 1660 g/mol. The van der Waals surface area contributed by atoms with Gasteiger partial charge < -0.3 is 53.0 Å². The van der Waals surface area contributed by atoms with Gasteiger partial charge in [-0.15, -0.1) is 0 Å². The number of hydrogen-bond acceptors (Lipinski definition) is 19. The zero-order chi connectivity index (χ0) is 84.0. The highest BCUT2D eigenvalue weighted by Gasteiger charge is 2.37. The van der Waals surface area contributed by atoms with Gasteiger partial charge in [-0.05, 0) is 120 Å². The van der Waals surface area contributed by atoms with Crippen molar-refractivity contribution in [3.8, 4) is 61.9 Å². The fourth-order valence-corrected chi connectivity index (χ4v) is 13.8.